The van der Waals surface area contributed by atoms with Crippen LogP contribution in [-0.2, 0) is 24.4 Å². The maximum absolute atomic E-state index is 13.0. The minimum absolute atomic E-state index is 0.160. The third-order valence-corrected chi connectivity index (χ3v) is 6.04. The third kappa shape index (κ3) is 5.69. The fourth-order valence-corrected chi connectivity index (χ4v) is 3.87. The first-order valence-electron chi connectivity index (χ1n) is 9.34. The number of amides is 3. The van der Waals surface area contributed by atoms with Crippen molar-refractivity contribution < 1.29 is 44.8 Å². The molecule has 1 aliphatic heterocycles. The monoisotopic (exact) mass is 500 g/mol. The molecule has 1 unspecified atom stereocenters. The molecule has 0 spiro atoms. The van der Waals surface area contributed by atoms with Gasteiger partial charge in [-0.1, -0.05) is 12.1 Å². The summed E-state index contributed by atoms with van der Waals surface area (Å²) in [6.45, 7) is -1.68. The summed E-state index contributed by atoms with van der Waals surface area (Å²) in [5.41, 5.74) is 0.387. The molecule has 2 atom stereocenters. The summed E-state index contributed by atoms with van der Waals surface area (Å²) in [4.78, 5) is 38.3. The van der Waals surface area contributed by atoms with E-state index >= 15 is 0 Å². The van der Waals surface area contributed by atoms with E-state index in [0.29, 0.717) is 0 Å². The molecule has 15 heteroatoms. The topological polar surface area (TPSA) is 116 Å². The minimum Gasteiger partial charge on any atom is -0.349 e. The Morgan fingerprint density at radius 2 is 1.67 bits per heavy atom. The zero-order chi connectivity index (χ0) is 25.4. The highest BCUT2D eigenvalue weighted by Crippen LogP contribution is 2.35. The number of rotatable bonds is 6. The van der Waals surface area contributed by atoms with Crippen molar-refractivity contribution in [2.24, 2.45) is 5.92 Å². The SMILES string of the molecule is CC(C(=O)NCC(F)(F)C(F)(F)F)C(=O)N[C@H]1CN(S(C)(=O)=O)c2ccccc2N(C)C1=O. The number of likely N-dealkylation sites (N-methyl/N-ethyl adjacent to an activating group) is 1. The van der Waals surface area contributed by atoms with Crippen molar-refractivity contribution in [3.63, 3.8) is 0 Å². The van der Waals surface area contributed by atoms with Gasteiger partial charge in [-0.3, -0.25) is 18.7 Å². The summed E-state index contributed by atoms with van der Waals surface area (Å²) in [6, 6.07) is 4.55. The predicted molar refractivity (Wildman–Crippen MR) is 107 cm³/mol. The van der Waals surface area contributed by atoms with Crippen LogP contribution in [0, 0.1) is 5.92 Å². The fraction of sp³-hybridized carbons (Fsp3) is 0.500. The van der Waals surface area contributed by atoms with Gasteiger partial charge in [0, 0.05) is 7.05 Å². The number of alkyl halides is 5. The maximum Gasteiger partial charge on any atom is 0.455 e. The number of nitrogens with zero attached hydrogens (tertiary/aromatic N) is 2. The Bertz CT molecular complexity index is 1050. The molecule has 2 rings (SSSR count). The Kier molecular flexibility index (Phi) is 7.26. The molecule has 0 fully saturated rings. The van der Waals surface area contributed by atoms with E-state index in [-0.39, 0.29) is 11.4 Å². The van der Waals surface area contributed by atoms with E-state index in [4.69, 9.17) is 0 Å². The molecule has 0 bridgehead atoms. The lowest BCUT2D eigenvalue weighted by atomic mass is 10.1. The first-order valence-corrected chi connectivity index (χ1v) is 11.2. The van der Waals surface area contributed by atoms with Crippen LogP contribution in [0.25, 0.3) is 0 Å². The summed E-state index contributed by atoms with van der Waals surface area (Å²) in [7, 11) is -2.58. The number of fused-ring (bicyclic) bond motifs is 1. The van der Waals surface area contributed by atoms with Crippen LogP contribution in [0.4, 0.5) is 33.3 Å². The van der Waals surface area contributed by atoms with Gasteiger partial charge < -0.3 is 15.5 Å². The number of sulfonamides is 1. The van der Waals surface area contributed by atoms with E-state index < -0.39 is 64.9 Å². The normalized spacial score (nSPS) is 18.3. The summed E-state index contributed by atoms with van der Waals surface area (Å²) >= 11 is 0. The molecule has 184 valence electrons. The Hall–Kier alpha value is -2.97. The van der Waals surface area contributed by atoms with Gasteiger partial charge in [0.15, 0.2) is 0 Å². The second-order valence-electron chi connectivity index (χ2n) is 7.38. The van der Waals surface area contributed by atoms with Gasteiger partial charge in [0.1, 0.15) is 12.0 Å². The number of nitrogens with one attached hydrogen (secondary N) is 2. The first kappa shape index (κ1) is 26.3. The van der Waals surface area contributed by atoms with E-state index in [1.807, 2.05) is 0 Å². The van der Waals surface area contributed by atoms with Gasteiger partial charge in [0.2, 0.25) is 21.8 Å². The van der Waals surface area contributed by atoms with Crippen LogP contribution in [0.2, 0.25) is 0 Å². The standard InChI is InChI=1S/C18H21F5N4O5S/c1-10(14(28)24-9-17(19,20)18(21,22)23)15(29)25-11-8-27(33(3,31)32)13-7-5-4-6-12(13)26(2)16(11)30/h4-7,10-11H,8-9H2,1-3H3,(H,24,28)(H,25,29)/t10?,11-/m0/s1. The highest BCUT2D eigenvalue weighted by molar-refractivity contribution is 7.92. The Morgan fingerprint density at radius 1 is 1.12 bits per heavy atom. The number of anilines is 2. The van der Waals surface area contributed by atoms with Crippen molar-refractivity contribution in [3.8, 4) is 0 Å². The molecule has 1 heterocycles. The summed E-state index contributed by atoms with van der Waals surface area (Å²) < 4.78 is 88.2. The fourth-order valence-electron chi connectivity index (χ4n) is 2.94. The zero-order valence-electron chi connectivity index (χ0n) is 17.6. The van der Waals surface area contributed by atoms with E-state index in [9.17, 15) is 44.8 Å². The first-order chi connectivity index (χ1) is 15.0. The van der Waals surface area contributed by atoms with Crippen LogP contribution in [0.3, 0.4) is 0 Å². The number of benzene rings is 1. The van der Waals surface area contributed by atoms with Gasteiger partial charge in [-0.25, -0.2) is 8.42 Å². The molecule has 0 saturated carbocycles. The highest BCUT2D eigenvalue weighted by atomic mass is 32.2. The second kappa shape index (κ2) is 9.11. The smallest absolute Gasteiger partial charge is 0.349 e. The average molecular weight is 500 g/mol. The van der Waals surface area contributed by atoms with Gasteiger partial charge in [-0.15, -0.1) is 0 Å². The maximum atomic E-state index is 13.0. The Labute approximate surface area is 185 Å². The van der Waals surface area contributed by atoms with Crippen molar-refractivity contribution in [1.29, 1.82) is 0 Å². The Morgan fingerprint density at radius 3 is 2.18 bits per heavy atom. The van der Waals surface area contributed by atoms with E-state index in [1.165, 1.54) is 30.6 Å². The summed E-state index contributed by atoms with van der Waals surface area (Å²) in [5.74, 6) is -10.3. The van der Waals surface area contributed by atoms with Gasteiger partial charge >= 0.3 is 12.1 Å². The van der Waals surface area contributed by atoms with Crippen molar-refractivity contribution >= 4 is 39.1 Å². The number of para-hydroxylation sites is 2. The number of halogens is 5. The molecule has 1 aromatic carbocycles. The van der Waals surface area contributed by atoms with E-state index in [2.05, 4.69) is 5.32 Å². The van der Waals surface area contributed by atoms with Crippen molar-refractivity contribution in [1.82, 2.24) is 10.6 Å². The molecule has 0 saturated heterocycles. The van der Waals surface area contributed by atoms with Crippen molar-refractivity contribution in [2.75, 3.05) is 35.6 Å². The lowest BCUT2D eigenvalue weighted by molar-refractivity contribution is -0.278. The van der Waals surface area contributed by atoms with Crippen LogP contribution in [0.5, 0.6) is 0 Å². The number of carbonyl (C=O) groups excluding carboxylic acids is 3. The zero-order valence-corrected chi connectivity index (χ0v) is 18.4. The molecule has 33 heavy (non-hydrogen) atoms. The quantitative estimate of drug-likeness (QED) is 0.444. The van der Waals surface area contributed by atoms with Crippen LogP contribution in [-0.4, -0.2) is 70.7 Å². The number of hydrogen-bond acceptors (Lipinski definition) is 5. The molecular weight excluding hydrogens is 479 g/mol. The Balaban J connectivity index is 2.19. The molecule has 0 aromatic heterocycles. The average Bonchev–Trinajstić information content (AvgIpc) is 2.81. The molecule has 0 aliphatic carbocycles. The van der Waals surface area contributed by atoms with Gasteiger partial charge in [-0.2, -0.15) is 22.0 Å². The molecule has 1 aromatic rings. The van der Waals surface area contributed by atoms with Crippen molar-refractivity contribution in [2.45, 2.75) is 25.1 Å². The molecule has 9 nitrogen and oxygen atoms in total. The molecular formula is C18H21F5N4O5S. The van der Waals surface area contributed by atoms with Crippen LogP contribution < -0.4 is 19.8 Å². The predicted octanol–water partition coefficient (Wildman–Crippen LogP) is 0.864. The largest absolute Gasteiger partial charge is 0.455 e. The second-order valence-corrected chi connectivity index (χ2v) is 9.29. The van der Waals surface area contributed by atoms with Gasteiger partial charge in [0.05, 0.1) is 30.7 Å². The molecule has 3 amide bonds. The number of hydrogen-bond donors (Lipinski definition) is 2. The van der Waals surface area contributed by atoms with Gasteiger partial charge in [-0.05, 0) is 19.1 Å². The highest BCUT2D eigenvalue weighted by Gasteiger charge is 2.57. The third-order valence-electron chi connectivity index (χ3n) is 4.89. The molecule has 0 radical (unpaired) electrons. The lowest BCUT2D eigenvalue weighted by Crippen LogP contribution is -2.55. The van der Waals surface area contributed by atoms with Crippen molar-refractivity contribution in [3.05, 3.63) is 24.3 Å². The van der Waals surface area contributed by atoms with Crippen LogP contribution in [0.1, 0.15) is 6.92 Å². The van der Waals surface area contributed by atoms with Crippen LogP contribution >= 0.6 is 0 Å². The van der Waals surface area contributed by atoms with Crippen LogP contribution in [0.15, 0.2) is 24.3 Å². The lowest BCUT2D eigenvalue weighted by Gasteiger charge is -2.25. The van der Waals surface area contributed by atoms with Gasteiger partial charge in [0.25, 0.3) is 5.91 Å². The molecule has 1 aliphatic rings. The minimum atomic E-state index is -5.90. The summed E-state index contributed by atoms with van der Waals surface area (Å²) in [6.07, 6.45) is -5.01. The molecule has 2 N–H and O–H groups in total. The number of carbonyl (C=O) groups is 3. The van der Waals surface area contributed by atoms with E-state index in [0.717, 1.165) is 22.4 Å². The van der Waals surface area contributed by atoms with E-state index in [1.54, 1.807) is 6.07 Å². The summed E-state index contributed by atoms with van der Waals surface area (Å²) in [5, 5.41) is 3.53.